The Morgan fingerprint density at radius 2 is 1.84 bits per heavy atom. The minimum absolute atomic E-state index is 0.0373. The molecule has 3 fully saturated rings. The third kappa shape index (κ3) is 6.14. The summed E-state index contributed by atoms with van der Waals surface area (Å²) in [7, 11) is 0. The number of anilines is 1. The number of urea groups is 1. The quantitative estimate of drug-likeness (QED) is 0.402. The van der Waals surface area contributed by atoms with Gasteiger partial charge in [-0.05, 0) is 37.1 Å². The first kappa shape index (κ1) is 22.4. The fourth-order valence-corrected chi connectivity index (χ4v) is 6.26. The second kappa shape index (κ2) is 10.7. The van der Waals surface area contributed by atoms with Crippen molar-refractivity contribution in [3.05, 3.63) is 29.8 Å². The van der Waals surface area contributed by atoms with Gasteiger partial charge in [-0.3, -0.25) is 9.69 Å². The molecule has 3 N–H and O–H groups in total. The van der Waals surface area contributed by atoms with Crippen molar-refractivity contribution in [3.8, 4) is 0 Å². The van der Waals surface area contributed by atoms with E-state index in [2.05, 4.69) is 44.8 Å². The molecule has 4 rings (SSSR count). The molecule has 3 aliphatic rings. The largest absolute Gasteiger partial charge is 0.332 e. The van der Waals surface area contributed by atoms with E-state index in [1.165, 1.54) is 5.56 Å². The highest BCUT2D eigenvalue weighted by Gasteiger charge is 2.42. The topological polar surface area (TPSA) is 76.7 Å². The van der Waals surface area contributed by atoms with Gasteiger partial charge in [-0.1, -0.05) is 25.5 Å². The Labute approximate surface area is 189 Å². The van der Waals surface area contributed by atoms with Crippen LogP contribution in [-0.2, 0) is 11.3 Å². The van der Waals surface area contributed by atoms with Crippen LogP contribution in [0, 0.1) is 0 Å². The lowest BCUT2D eigenvalue weighted by Gasteiger charge is -2.34. The Bertz CT molecular complexity index is 751. The zero-order valence-corrected chi connectivity index (χ0v) is 19.3. The normalized spacial score (nSPS) is 26.4. The number of nitrogens with one attached hydrogen (secondary N) is 3. The Morgan fingerprint density at radius 1 is 1.10 bits per heavy atom. The number of benzene rings is 1. The summed E-state index contributed by atoms with van der Waals surface area (Å²) in [4.78, 5) is 28.7. The second-order valence-electron chi connectivity index (χ2n) is 8.82. The molecule has 31 heavy (non-hydrogen) atoms. The number of unbranched alkanes of at least 4 members (excludes halogenated alkanes) is 1. The fourth-order valence-electron chi connectivity index (χ4n) is 4.71. The van der Waals surface area contributed by atoms with Gasteiger partial charge in [-0.25, -0.2) is 4.79 Å². The number of nitrogens with zero attached hydrogens (tertiary/aromatic N) is 2. The molecule has 170 valence electrons. The molecule has 0 spiro atoms. The van der Waals surface area contributed by atoms with Gasteiger partial charge >= 0.3 is 6.03 Å². The number of carbonyl (C=O) groups excluding carboxylic acids is 2. The van der Waals surface area contributed by atoms with Gasteiger partial charge in [-0.2, -0.15) is 11.8 Å². The number of likely N-dealkylation sites (N-methyl/N-ethyl adjacent to an activating group) is 1. The van der Waals surface area contributed by atoms with Crippen LogP contribution < -0.4 is 16.0 Å². The van der Waals surface area contributed by atoms with Crippen LogP contribution in [0.1, 0.15) is 38.2 Å². The molecule has 8 heteroatoms. The lowest BCUT2D eigenvalue weighted by Crippen LogP contribution is -2.45. The molecule has 0 aromatic heterocycles. The Morgan fingerprint density at radius 3 is 2.58 bits per heavy atom. The van der Waals surface area contributed by atoms with Crippen LogP contribution in [0.15, 0.2) is 24.3 Å². The monoisotopic (exact) mass is 445 g/mol. The maximum Gasteiger partial charge on any atom is 0.315 e. The lowest BCUT2D eigenvalue weighted by molar-refractivity contribution is -0.116. The smallest absolute Gasteiger partial charge is 0.315 e. The summed E-state index contributed by atoms with van der Waals surface area (Å²) in [5, 5.41) is 9.49. The first-order valence-electron chi connectivity index (χ1n) is 11.6. The van der Waals surface area contributed by atoms with Crippen molar-refractivity contribution in [3.63, 3.8) is 0 Å². The zero-order chi connectivity index (χ0) is 21.6. The summed E-state index contributed by atoms with van der Waals surface area (Å²) >= 11 is 1.93. The predicted octanol–water partition coefficient (Wildman–Crippen LogP) is 2.49. The van der Waals surface area contributed by atoms with Gasteiger partial charge in [-0.15, -0.1) is 0 Å². The lowest BCUT2D eigenvalue weighted by atomic mass is 10.0. The summed E-state index contributed by atoms with van der Waals surface area (Å²) < 4.78 is 0. The van der Waals surface area contributed by atoms with Crippen LogP contribution in [-0.4, -0.2) is 77.5 Å². The van der Waals surface area contributed by atoms with E-state index in [0.717, 1.165) is 70.0 Å². The van der Waals surface area contributed by atoms with Crippen molar-refractivity contribution < 1.29 is 9.59 Å². The SMILES string of the molecule is CCN1CCN(Cc2ccc(NC(=O)CCCC[C@@H]3SC[C@@H]4NC(=O)N[C@@H]43)cc2)CC1. The van der Waals surface area contributed by atoms with E-state index in [9.17, 15) is 9.59 Å². The average Bonchev–Trinajstić information content (AvgIpc) is 3.32. The van der Waals surface area contributed by atoms with Gasteiger partial charge in [0.1, 0.15) is 0 Å². The standard InChI is InChI=1S/C23H35N5O2S/c1-2-27-11-13-28(14-12-27)15-17-7-9-18(10-8-17)24-21(29)6-4-3-5-20-22-19(16-31-20)25-23(30)26-22/h7-10,19-20,22H,2-6,11-16H2,1H3,(H,24,29)(H2,25,26,30)/t19-,20-,22-/m0/s1. The first-order chi connectivity index (χ1) is 15.1. The van der Waals surface area contributed by atoms with Crippen LogP contribution in [0.5, 0.6) is 0 Å². The number of piperazine rings is 1. The second-order valence-corrected chi connectivity index (χ2v) is 10.1. The van der Waals surface area contributed by atoms with Crippen molar-refractivity contribution in [2.45, 2.75) is 56.5 Å². The van der Waals surface area contributed by atoms with E-state index in [1.807, 2.05) is 23.9 Å². The highest BCUT2D eigenvalue weighted by atomic mass is 32.2. The number of hydrogen-bond donors (Lipinski definition) is 3. The number of carbonyl (C=O) groups is 2. The highest BCUT2D eigenvalue weighted by molar-refractivity contribution is 8.00. The minimum atomic E-state index is -0.0373. The number of amides is 3. The van der Waals surface area contributed by atoms with Crippen LogP contribution in [0.4, 0.5) is 10.5 Å². The van der Waals surface area contributed by atoms with Crippen molar-refractivity contribution in [2.75, 3.05) is 43.8 Å². The van der Waals surface area contributed by atoms with Gasteiger partial charge in [0.15, 0.2) is 0 Å². The van der Waals surface area contributed by atoms with Crippen LogP contribution in [0.25, 0.3) is 0 Å². The Kier molecular flexibility index (Phi) is 7.74. The molecule has 0 saturated carbocycles. The van der Waals surface area contributed by atoms with Crippen molar-refractivity contribution in [2.24, 2.45) is 0 Å². The third-order valence-corrected chi connectivity index (χ3v) is 8.15. The van der Waals surface area contributed by atoms with Gasteiger partial charge in [0.25, 0.3) is 0 Å². The third-order valence-electron chi connectivity index (χ3n) is 6.64. The average molecular weight is 446 g/mol. The van der Waals surface area contributed by atoms with Crippen LogP contribution in [0.2, 0.25) is 0 Å². The summed E-state index contributed by atoms with van der Waals surface area (Å²) in [5.41, 5.74) is 2.17. The number of thioether (sulfide) groups is 1. The summed E-state index contributed by atoms with van der Waals surface area (Å²) in [6, 6.07) is 8.76. The van der Waals surface area contributed by atoms with Gasteiger partial charge < -0.3 is 20.9 Å². The highest BCUT2D eigenvalue weighted by Crippen LogP contribution is 2.33. The van der Waals surface area contributed by atoms with Gasteiger partial charge in [0, 0.05) is 55.8 Å². The summed E-state index contributed by atoms with van der Waals surface area (Å²) in [6.07, 6.45) is 3.47. The van der Waals surface area contributed by atoms with E-state index < -0.39 is 0 Å². The summed E-state index contributed by atoms with van der Waals surface area (Å²) in [5.74, 6) is 1.07. The molecule has 3 heterocycles. The number of rotatable bonds is 9. The maximum absolute atomic E-state index is 12.3. The molecular formula is C23H35N5O2S. The fraction of sp³-hybridized carbons (Fsp3) is 0.652. The molecule has 7 nitrogen and oxygen atoms in total. The summed E-state index contributed by atoms with van der Waals surface area (Å²) in [6.45, 7) is 8.88. The van der Waals surface area contributed by atoms with Crippen molar-refractivity contribution in [1.82, 2.24) is 20.4 Å². The molecule has 0 unspecified atom stereocenters. The minimum Gasteiger partial charge on any atom is -0.332 e. The van der Waals surface area contributed by atoms with Crippen molar-refractivity contribution >= 4 is 29.4 Å². The van der Waals surface area contributed by atoms with E-state index in [-0.39, 0.29) is 24.0 Å². The number of hydrogen-bond acceptors (Lipinski definition) is 5. The maximum atomic E-state index is 12.3. The van der Waals surface area contributed by atoms with E-state index in [1.54, 1.807) is 0 Å². The first-order valence-corrected chi connectivity index (χ1v) is 12.7. The zero-order valence-electron chi connectivity index (χ0n) is 18.4. The molecule has 1 aromatic rings. The molecule has 0 radical (unpaired) electrons. The molecule has 0 bridgehead atoms. The van der Waals surface area contributed by atoms with Crippen LogP contribution in [0.3, 0.4) is 0 Å². The molecule has 1 aromatic carbocycles. The van der Waals surface area contributed by atoms with Gasteiger partial charge in [0.2, 0.25) is 5.91 Å². The molecule has 3 atom stereocenters. The number of fused-ring (bicyclic) bond motifs is 1. The van der Waals surface area contributed by atoms with E-state index in [0.29, 0.717) is 11.7 Å². The molecular weight excluding hydrogens is 410 g/mol. The molecule has 3 amide bonds. The predicted molar refractivity (Wildman–Crippen MR) is 126 cm³/mol. The van der Waals surface area contributed by atoms with E-state index in [4.69, 9.17) is 0 Å². The van der Waals surface area contributed by atoms with Gasteiger partial charge in [0.05, 0.1) is 12.1 Å². The van der Waals surface area contributed by atoms with E-state index >= 15 is 0 Å². The Hall–Kier alpha value is -1.77. The molecule has 0 aliphatic carbocycles. The van der Waals surface area contributed by atoms with Crippen molar-refractivity contribution in [1.29, 1.82) is 0 Å². The molecule has 3 aliphatic heterocycles. The molecule has 3 saturated heterocycles. The Balaban J connectivity index is 1.12. The van der Waals surface area contributed by atoms with Crippen LogP contribution >= 0.6 is 11.8 Å².